The van der Waals surface area contributed by atoms with Crippen molar-refractivity contribution < 1.29 is 4.74 Å². The number of para-hydroxylation sites is 2. The van der Waals surface area contributed by atoms with Gasteiger partial charge in [-0.25, -0.2) is 9.97 Å². The topological polar surface area (TPSA) is 35.0 Å². The Hall–Kier alpha value is -6.32. The van der Waals surface area contributed by atoms with Gasteiger partial charge in [0.25, 0.3) is 0 Å². The van der Waals surface area contributed by atoms with Gasteiger partial charge in [0.1, 0.15) is 11.5 Å². The van der Waals surface area contributed by atoms with E-state index in [4.69, 9.17) is 14.7 Å². The summed E-state index contributed by atoms with van der Waals surface area (Å²) in [5.74, 6) is 2.35. The molecule has 1 aromatic heterocycles. The molecule has 0 saturated heterocycles. The first-order valence-corrected chi connectivity index (χ1v) is 16.3. The van der Waals surface area contributed by atoms with Gasteiger partial charge in [-0.15, -0.1) is 0 Å². The average molecular weight is 615 g/mol. The van der Waals surface area contributed by atoms with Crippen molar-refractivity contribution in [1.82, 2.24) is 9.97 Å². The van der Waals surface area contributed by atoms with Crippen molar-refractivity contribution in [3.05, 3.63) is 204 Å². The number of aromatic nitrogens is 2. The second kappa shape index (κ2) is 11.5. The van der Waals surface area contributed by atoms with E-state index in [0.29, 0.717) is 5.82 Å². The molecule has 0 atom stereocenters. The molecule has 0 aliphatic carbocycles. The second-order valence-corrected chi connectivity index (χ2v) is 12.1. The van der Waals surface area contributed by atoms with Gasteiger partial charge < -0.3 is 4.74 Å². The molecule has 1 aliphatic rings. The molecule has 0 N–H and O–H groups in total. The largest absolute Gasteiger partial charge is 0.457 e. The lowest BCUT2D eigenvalue weighted by atomic mass is 9.62. The molecule has 3 heteroatoms. The zero-order valence-corrected chi connectivity index (χ0v) is 26.1. The van der Waals surface area contributed by atoms with Crippen molar-refractivity contribution >= 4 is 10.8 Å². The van der Waals surface area contributed by atoms with E-state index in [1.54, 1.807) is 0 Å². The summed E-state index contributed by atoms with van der Waals surface area (Å²) < 4.78 is 6.58. The highest BCUT2D eigenvalue weighted by molar-refractivity contribution is 5.96. The number of rotatable bonds is 5. The first-order valence-electron chi connectivity index (χ1n) is 16.3. The molecule has 1 aliphatic heterocycles. The molecule has 0 spiro atoms. The molecular weight excluding hydrogens is 585 g/mol. The fourth-order valence-corrected chi connectivity index (χ4v) is 7.36. The van der Waals surface area contributed by atoms with Crippen LogP contribution in [0.25, 0.3) is 44.7 Å². The molecule has 3 nitrogen and oxygen atoms in total. The molecule has 9 rings (SSSR count). The van der Waals surface area contributed by atoms with Gasteiger partial charge in [-0.3, -0.25) is 0 Å². The Kier molecular flexibility index (Phi) is 6.69. The molecule has 0 fully saturated rings. The third kappa shape index (κ3) is 4.44. The number of hydrogen-bond acceptors (Lipinski definition) is 3. The third-order valence-corrected chi connectivity index (χ3v) is 9.44. The summed E-state index contributed by atoms with van der Waals surface area (Å²) in [7, 11) is 0. The Morgan fingerprint density at radius 3 is 1.71 bits per heavy atom. The number of hydrogen-bond donors (Lipinski definition) is 0. The minimum atomic E-state index is -0.699. The van der Waals surface area contributed by atoms with Gasteiger partial charge in [-0.05, 0) is 40.1 Å². The molecule has 0 radical (unpaired) electrons. The van der Waals surface area contributed by atoms with Crippen LogP contribution in [0.2, 0.25) is 0 Å². The van der Waals surface area contributed by atoms with Crippen LogP contribution in [0.1, 0.15) is 22.3 Å². The minimum Gasteiger partial charge on any atom is -0.457 e. The summed E-state index contributed by atoms with van der Waals surface area (Å²) in [6.45, 7) is 0. The number of fused-ring (bicyclic) bond motifs is 3. The predicted molar refractivity (Wildman–Crippen MR) is 194 cm³/mol. The van der Waals surface area contributed by atoms with Gasteiger partial charge in [-0.1, -0.05) is 164 Å². The number of nitrogens with zero attached hydrogens (tertiary/aromatic N) is 2. The number of ether oxygens (including phenoxy) is 1. The van der Waals surface area contributed by atoms with E-state index in [0.717, 1.165) is 67.2 Å². The molecule has 226 valence electrons. The van der Waals surface area contributed by atoms with Crippen molar-refractivity contribution in [2.24, 2.45) is 0 Å². The van der Waals surface area contributed by atoms with Crippen molar-refractivity contribution in [3.63, 3.8) is 0 Å². The van der Waals surface area contributed by atoms with Crippen molar-refractivity contribution in [2.75, 3.05) is 0 Å². The molecular formula is C45H30N2O. The first-order chi connectivity index (χ1) is 23.8. The highest BCUT2D eigenvalue weighted by Gasteiger charge is 2.46. The quantitative estimate of drug-likeness (QED) is 0.193. The second-order valence-electron chi connectivity index (χ2n) is 12.1. The lowest BCUT2D eigenvalue weighted by Crippen LogP contribution is -2.34. The maximum atomic E-state index is 6.58. The highest BCUT2D eigenvalue weighted by atomic mass is 16.5. The van der Waals surface area contributed by atoms with Crippen LogP contribution in [0.3, 0.4) is 0 Å². The summed E-state index contributed by atoms with van der Waals surface area (Å²) in [6.07, 6.45) is 0. The van der Waals surface area contributed by atoms with E-state index in [1.807, 2.05) is 18.2 Å². The fourth-order valence-electron chi connectivity index (χ4n) is 7.36. The Bertz CT molecular complexity index is 2380. The molecule has 0 amide bonds. The van der Waals surface area contributed by atoms with E-state index in [1.165, 1.54) is 5.39 Å². The summed E-state index contributed by atoms with van der Waals surface area (Å²) in [5, 5.41) is 2.33. The SMILES string of the molecule is c1ccc(-c2cc(-c3cccc4ccccc34)nc(-c3ccccc3C3(c4ccccc4)c4ccccc4Oc4ccccc43)n2)cc1. The third-order valence-electron chi connectivity index (χ3n) is 9.44. The molecule has 48 heavy (non-hydrogen) atoms. The number of benzene rings is 7. The van der Waals surface area contributed by atoms with Crippen LogP contribution in [0, 0.1) is 0 Å². The summed E-state index contributed by atoms with van der Waals surface area (Å²) >= 11 is 0. The fraction of sp³-hybridized carbons (Fsp3) is 0.0222. The van der Waals surface area contributed by atoms with Crippen LogP contribution in [-0.2, 0) is 5.41 Å². The molecule has 0 saturated carbocycles. The molecule has 0 bridgehead atoms. The zero-order valence-electron chi connectivity index (χ0n) is 26.1. The molecule has 0 unspecified atom stereocenters. The standard InChI is InChI=1S/C45H30N2O/c1-3-17-32(18-4-1)40-30-41(35-24-15-19-31-16-7-8-22-34(31)35)47-44(46-40)36-23-9-10-25-37(36)45(33-20-5-2-6-21-33)38-26-11-13-28-42(38)48-43-29-14-12-27-39(43)45/h1-30H. The monoisotopic (exact) mass is 614 g/mol. The smallest absolute Gasteiger partial charge is 0.160 e. The van der Waals surface area contributed by atoms with Gasteiger partial charge in [0, 0.05) is 27.8 Å². The van der Waals surface area contributed by atoms with E-state index in [2.05, 4.69) is 164 Å². The van der Waals surface area contributed by atoms with Crippen LogP contribution in [0.5, 0.6) is 11.5 Å². The average Bonchev–Trinajstić information content (AvgIpc) is 3.17. The molecule has 2 heterocycles. The summed E-state index contributed by atoms with van der Waals surface area (Å²) in [6, 6.07) is 63.6. The molecule has 8 aromatic rings. The maximum Gasteiger partial charge on any atom is 0.160 e. The van der Waals surface area contributed by atoms with Gasteiger partial charge in [0.05, 0.1) is 16.8 Å². The van der Waals surface area contributed by atoms with Gasteiger partial charge >= 0.3 is 0 Å². The normalized spacial score (nSPS) is 12.9. The highest BCUT2D eigenvalue weighted by Crippen LogP contribution is 2.56. The van der Waals surface area contributed by atoms with E-state index in [9.17, 15) is 0 Å². The van der Waals surface area contributed by atoms with E-state index < -0.39 is 5.41 Å². The van der Waals surface area contributed by atoms with Gasteiger partial charge in [0.15, 0.2) is 5.82 Å². The Labute approximate surface area is 279 Å². The minimum absolute atomic E-state index is 0.673. The maximum absolute atomic E-state index is 6.58. The van der Waals surface area contributed by atoms with Crippen LogP contribution in [0.15, 0.2) is 182 Å². The summed E-state index contributed by atoms with van der Waals surface area (Å²) in [4.78, 5) is 10.7. The van der Waals surface area contributed by atoms with Gasteiger partial charge in [0.2, 0.25) is 0 Å². The predicted octanol–water partition coefficient (Wildman–Crippen LogP) is 11.1. The Morgan fingerprint density at radius 2 is 0.958 bits per heavy atom. The Balaban J connectivity index is 1.38. The van der Waals surface area contributed by atoms with E-state index in [-0.39, 0.29) is 0 Å². The van der Waals surface area contributed by atoms with E-state index >= 15 is 0 Å². The molecule has 7 aromatic carbocycles. The van der Waals surface area contributed by atoms with Crippen LogP contribution < -0.4 is 4.74 Å². The van der Waals surface area contributed by atoms with Crippen LogP contribution in [0.4, 0.5) is 0 Å². The van der Waals surface area contributed by atoms with Crippen LogP contribution in [-0.4, -0.2) is 9.97 Å². The van der Waals surface area contributed by atoms with Crippen molar-refractivity contribution in [3.8, 4) is 45.4 Å². The van der Waals surface area contributed by atoms with Crippen LogP contribution >= 0.6 is 0 Å². The lowest BCUT2D eigenvalue weighted by molar-refractivity contribution is 0.434. The Morgan fingerprint density at radius 1 is 0.417 bits per heavy atom. The first kappa shape index (κ1) is 27.9. The van der Waals surface area contributed by atoms with Gasteiger partial charge in [-0.2, -0.15) is 0 Å². The van der Waals surface area contributed by atoms with Crippen molar-refractivity contribution in [1.29, 1.82) is 0 Å². The zero-order chi connectivity index (χ0) is 31.9. The van der Waals surface area contributed by atoms with Crippen molar-refractivity contribution in [2.45, 2.75) is 5.41 Å². The summed E-state index contributed by atoms with van der Waals surface area (Å²) in [5.41, 5.74) is 8.54. The lowest BCUT2D eigenvalue weighted by Gasteiger charge is -2.42.